The number of hydrogen-bond donors (Lipinski definition) is 1. The molecule has 4 rings (SSSR count). The van der Waals surface area contributed by atoms with Crippen LogP contribution in [0.15, 0.2) is 49.6 Å². The molecule has 0 saturated carbocycles. The van der Waals surface area contributed by atoms with Crippen molar-refractivity contribution >= 4 is 46.8 Å². The number of fused-ring (bicyclic) bond motifs is 1. The third-order valence-electron chi connectivity index (χ3n) is 7.87. The van der Waals surface area contributed by atoms with Crippen molar-refractivity contribution in [3.05, 3.63) is 54.6 Å². The van der Waals surface area contributed by atoms with Crippen LogP contribution in [0.1, 0.15) is 33.1 Å². The monoisotopic (exact) mass is 545 g/mol. The van der Waals surface area contributed by atoms with Crippen molar-refractivity contribution in [2.75, 3.05) is 31.1 Å². The molecule has 0 radical (unpaired) electrons. The maximum absolute atomic E-state index is 14.4. The van der Waals surface area contributed by atoms with Crippen LogP contribution in [0.4, 0.5) is 5.69 Å². The number of likely N-dealkylation sites (tertiary alicyclic amines) is 1. The molecule has 7 nitrogen and oxygen atoms in total. The van der Waals surface area contributed by atoms with E-state index in [4.69, 9.17) is 11.6 Å². The molecule has 1 aromatic rings. The quantitative estimate of drug-likeness (QED) is 0.428. The zero-order chi connectivity index (χ0) is 26.9. The lowest BCUT2D eigenvalue weighted by Crippen LogP contribution is -2.57. The highest BCUT2D eigenvalue weighted by Crippen LogP contribution is 2.67. The van der Waals surface area contributed by atoms with Gasteiger partial charge in [0.15, 0.2) is 0 Å². The highest BCUT2D eigenvalue weighted by Gasteiger charge is 2.74. The van der Waals surface area contributed by atoms with Crippen LogP contribution in [0.25, 0.3) is 0 Å². The molecule has 1 aromatic carbocycles. The second kappa shape index (κ2) is 11.2. The van der Waals surface area contributed by atoms with E-state index in [1.165, 1.54) is 0 Å². The van der Waals surface area contributed by atoms with Gasteiger partial charge in [-0.1, -0.05) is 30.7 Å². The van der Waals surface area contributed by atoms with E-state index in [0.29, 0.717) is 30.2 Å². The molecular weight excluding hydrogens is 510 g/mol. The Morgan fingerprint density at radius 3 is 2.51 bits per heavy atom. The highest BCUT2D eigenvalue weighted by molar-refractivity contribution is 8.02. The molecule has 0 aromatic heterocycles. The SMILES string of the molecule is C=CCN(CCC)C(=O)[C@@H]1[C@H]2C(=O)N([C@H](C)CO)C(C(=O)N(CC=C)c3ccc(Cl)cc3)C23CC[C@H]1S3. The van der Waals surface area contributed by atoms with Gasteiger partial charge >= 0.3 is 0 Å². The summed E-state index contributed by atoms with van der Waals surface area (Å²) in [7, 11) is 0. The number of amides is 3. The van der Waals surface area contributed by atoms with E-state index < -0.39 is 28.7 Å². The molecule has 1 spiro atoms. The third kappa shape index (κ3) is 4.61. The first kappa shape index (κ1) is 27.7. The number of carbonyl (C=O) groups is 3. The summed E-state index contributed by atoms with van der Waals surface area (Å²) < 4.78 is -0.722. The van der Waals surface area contributed by atoms with E-state index >= 15 is 0 Å². The summed E-state index contributed by atoms with van der Waals surface area (Å²) in [6, 6.07) is 5.64. The largest absolute Gasteiger partial charge is 0.394 e. The van der Waals surface area contributed by atoms with Gasteiger partial charge in [0.2, 0.25) is 11.8 Å². The van der Waals surface area contributed by atoms with Crippen LogP contribution >= 0.6 is 23.4 Å². The van der Waals surface area contributed by atoms with Crippen molar-refractivity contribution in [3.63, 3.8) is 0 Å². The number of anilines is 1. The van der Waals surface area contributed by atoms with Gasteiger partial charge in [-0.3, -0.25) is 14.4 Å². The molecule has 37 heavy (non-hydrogen) atoms. The van der Waals surface area contributed by atoms with E-state index in [2.05, 4.69) is 13.2 Å². The van der Waals surface area contributed by atoms with E-state index in [0.717, 1.165) is 12.8 Å². The summed E-state index contributed by atoms with van der Waals surface area (Å²) in [5, 5.41) is 10.6. The number of hydrogen-bond acceptors (Lipinski definition) is 5. The number of rotatable bonds is 11. The standard InChI is InChI=1S/C28H36ClN3O4S/c1-5-14-30(15-6-2)25(34)22-21-12-13-28(37-21)23(22)26(35)32(18(4)17-33)24(28)27(36)31(16-7-3)20-10-8-19(29)9-11-20/h5,7-11,18,21-24,33H,1,3,6,12-17H2,2,4H3/t18-,21-,22+,23+,24?,28?/m1/s1. The van der Waals surface area contributed by atoms with Gasteiger partial charge in [-0.25, -0.2) is 0 Å². The van der Waals surface area contributed by atoms with Gasteiger partial charge < -0.3 is 19.8 Å². The molecule has 3 aliphatic rings. The van der Waals surface area contributed by atoms with Crippen LogP contribution in [0, 0.1) is 11.8 Å². The molecule has 9 heteroatoms. The lowest BCUT2D eigenvalue weighted by atomic mass is 9.70. The van der Waals surface area contributed by atoms with Crippen LogP contribution in [-0.4, -0.2) is 80.9 Å². The molecule has 3 amide bonds. The predicted molar refractivity (Wildman–Crippen MR) is 149 cm³/mol. The van der Waals surface area contributed by atoms with Crippen molar-refractivity contribution in [2.24, 2.45) is 11.8 Å². The van der Waals surface area contributed by atoms with E-state index in [-0.39, 0.29) is 36.1 Å². The first-order valence-corrected chi connectivity index (χ1v) is 14.2. The molecule has 3 fully saturated rings. The van der Waals surface area contributed by atoms with Crippen LogP contribution < -0.4 is 4.90 Å². The number of halogens is 1. The number of nitrogens with zero attached hydrogens (tertiary/aromatic N) is 3. The second-order valence-corrected chi connectivity index (χ2v) is 12.2. The van der Waals surface area contributed by atoms with Crippen molar-refractivity contribution in [1.29, 1.82) is 0 Å². The first-order valence-electron chi connectivity index (χ1n) is 12.9. The normalized spacial score (nSPS) is 28.6. The fourth-order valence-electron chi connectivity index (χ4n) is 6.36. The summed E-state index contributed by atoms with van der Waals surface area (Å²) in [5.74, 6) is -1.57. The van der Waals surface area contributed by atoms with Crippen molar-refractivity contribution in [2.45, 2.75) is 55.2 Å². The molecule has 2 unspecified atom stereocenters. The van der Waals surface area contributed by atoms with E-state index in [9.17, 15) is 19.5 Å². The first-order chi connectivity index (χ1) is 17.7. The zero-order valence-corrected chi connectivity index (χ0v) is 23.1. The number of benzene rings is 1. The fourth-order valence-corrected chi connectivity index (χ4v) is 8.68. The minimum absolute atomic E-state index is 0.0177. The Morgan fingerprint density at radius 1 is 1.24 bits per heavy atom. The van der Waals surface area contributed by atoms with E-state index in [1.54, 1.807) is 69.8 Å². The Bertz CT molecular complexity index is 1070. The second-order valence-electron chi connectivity index (χ2n) is 10.1. The molecular formula is C28H36ClN3O4S. The van der Waals surface area contributed by atoms with Crippen LogP contribution in [0.5, 0.6) is 0 Å². The molecule has 3 aliphatic heterocycles. The fraction of sp³-hybridized carbons (Fsp3) is 0.536. The summed E-state index contributed by atoms with van der Waals surface area (Å²) in [6.07, 6.45) is 5.62. The predicted octanol–water partition coefficient (Wildman–Crippen LogP) is 3.76. The van der Waals surface area contributed by atoms with Gasteiger partial charge in [-0.2, -0.15) is 0 Å². The summed E-state index contributed by atoms with van der Waals surface area (Å²) >= 11 is 7.72. The lowest BCUT2D eigenvalue weighted by Gasteiger charge is -2.39. The summed E-state index contributed by atoms with van der Waals surface area (Å²) in [5.41, 5.74) is 0.656. The topological polar surface area (TPSA) is 81.2 Å². The van der Waals surface area contributed by atoms with Crippen molar-refractivity contribution in [3.8, 4) is 0 Å². The van der Waals surface area contributed by atoms with E-state index in [1.807, 2.05) is 6.92 Å². The summed E-state index contributed by atoms with van der Waals surface area (Å²) in [6.45, 7) is 12.4. The lowest BCUT2D eigenvalue weighted by molar-refractivity contribution is -0.145. The van der Waals surface area contributed by atoms with Crippen LogP contribution in [-0.2, 0) is 14.4 Å². The number of aliphatic hydroxyl groups excluding tert-OH is 1. The Morgan fingerprint density at radius 2 is 1.92 bits per heavy atom. The maximum Gasteiger partial charge on any atom is 0.251 e. The Balaban J connectivity index is 1.77. The molecule has 0 aliphatic carbocycles. The Kier molecular flexibility index (Phi) is 8.41. The van der Waals surface area contributed by atoms with Crippen LogP contribution in [0.3, 0.4) is 0 Å². The van der Waals surface area contributed by atoms with Gasteiger partial charge in [0.1, 0.15) is 6.04 Å². The van der Waals surface area contributed by atoms with Gasteiger partial charge in [-0.15, -0.1) is 24.9 Å². The number of thioether (sulfide) groups is 1. The summed E-state index contributed by atoms with van der Waals surface area (Å²) in [4.78, 5) is 47.3. The number of carbonyl (C=O) groups excluding carboxylic acids is 3. The van der Waals surface area contributed by atoms with Crippen molar-refractivity contribution < 1.29 is 19.5 Å². The average Bonchev–Trinajstić information content (AvgIpc) is 3.54. The Hall–Kier alpha value is -2.29. The minimum atomic E-state index is -0.797. The van der Waals surface area contributed by atoms with Crippen LogP contribution in [0.2, 0.25) is 5.02 Å². The molecule has 6 atom stereocenters. The molecule has 2 bridgehead atoms. The van der Waals surface area contributed by atoms with Gasteiger partial charge in [0.25, 0.3) is 5.91 Å². The molecule has 1 N–H and O–H groups in total. The van der Waals surface area contributed by atoms with Gasteiger partial charge in [0, 0.05) is 35.6 Å². The number of aliphatic hydroxyl groups is 1. The zero-order valence-electron chi connectivity index (χ0n) is 21.5. The van der Waals surface area contributed by atoms with Gasteiger partial charge in [0.05, 0.1) is 29.2 Å². The maximum atomic E-state index is 14.4. The van der Waals surface area contributed by atoms with Gasteiger partial charge in [-0.05, 0) is 50.5 Å². The third-order valence-corrected chi connectivity index (χ3v) is 10.1. The molecule has 3 heterocycles. The Labute approximate surface area is 228 Å². The molecule has 3 saturated heterocycles. The van der Waals surface area contributed by atoms with Crippen molar-refractivity contribution in [1.82, 2.24) is 9.80 Å². The molecule has 200 valence electrons. The minimum Gasteiger partial charge on any atom is -0.394 e. The average molecular weight is 546 g/mol. The highest BCUT2D eigenvalue weighted by atomic mass is 35.5. The smallest absolute Gasteiger partial charge is 0.251 e.